The van der Waals surface area contributed by atoms with Gasteiger partial charge < -0.3 is 23.5 Å². The number of piperidine rings is 1. The molecule has 9 rings (SSSR count). The second kappa shape index (κ2) is 11.8. The van der Waals surface area contributed by atoms with E-state index in [1.165, 1.54) is 6.07 Å². The van der Waals surface area contributed by atoms with Gasteiger partial charge >= 0.3 is 0 Å². The third-order valence-electron chi connectivity index (χ3n) is 10.2. The fourth-order valence-corrected chi connectivity index (χ4v) is 7.47. The lowest BCUT2D eigenvalue weighted by Gasteiger charge is -2.33. The Bertz CT molecular complexity index is 2000. The molecule has 4 aliphatic rings. The van der Waals surface area contributed by atoms with Gasteiger partial charge in [-0.3, -0.25) is 10.00 Å². The smallest absolute Gasteiger partial charge is 0.278 e. The molecule has 3 saturated heterocycles. The summed E-state index contributed by atoms with van der Waals surface area (Å²) in [6.45, 7) is 6.68. The molecule has 248 valence electrons. The quantitative estimate of drug-likeness (QED) is 0.191. The number of nitrogens with one attached hydrogen (secondary N) is 1. The van der Waals surface area contributed by atoms with Crippen LogP contribution in [0.4, 0.5) is 4.39 Å². The van der Waals surface area contributed by atoms with Gasteiger partial charge in [0.05, 0.1) is 42.4 Å². The van der Waals surface area contributed by atoms with Gasteiger partial charge in [-0.05, 0) is 80.7 Å². The van der Waals surface area contributed by atoms with E-state index in [2.05, 4.69) is 43.9 Å². The number of fused-ring (bicyclic) bond motifs is 2. The highest BCUT2D eigenvalue weighted by Gasteiger charge is 2.43. The van der Waals surface area contributed by atoms with Crippen molar-refractivity contribution in [3.63, 3.8) is 0 Å². The summed E-state index contributed by atoms with van der Waals surface area (Å²) in [6.07, 6.45) is 4.15. The Kier molecular flexibility index (Phi) is 7.41. The van der Waals surface area contributed by atoms with Crippen molar-refractivity contribution in [3.05, 3.63) is 88.2 Å². The monoisotopic (exact) mass is 670 g/mol. The fraction of sp³-hybridized carbons (Fsp3) is 0.417. The van der Waals surface area contributed by atoms with Crippen LogP contribution < -0.4 is 9.47 Å². The molecule has 3 aromatic carbocycles. The number of aromatic nitrogens is 5. The molecule has 12 heteroatoms. The van der Waals surface area contributed by atoms with Crippen LogP contribution in [0.5, 0.6) is 11.5 Å². The zero-order valence-corrected chi connectivity index (χ0v) is 27.4. The summed E-state index contributed by atoms with van der Waals surface area (Å²) < 4.78 is 41.3. The molecule has 5 aromatic rings. The zero-order chi connectivity index (χ0) is 32.4. The summed E-state index contributed by atoms with van der Waals surface area (Å²) in [7, 11) is 0. The molecule has 0 spiro atoms. The number of hydrogen-bond acceptors (Lipinski definition) is 8. The molecular formula is C36H36ClFN6O4. The fourth-order valence-electron chi connectivity index (χ4n) is 7.31. The van der Waals surface area contributed by atoms with Crippen molar-refractivity contribution in [2.45, 2.75) is 69.6 Å². The molecule has 3 fully saturated rings. The summed E-state index contributed by atoms with van der Waals surface area (Å²) in [6, 6.07) is 16.8. The highest BCUT2D eigenvalue weighted by molar-refractivity contribution is 6.30. The van der Waals surface area contributed by atoms with Gasteiger partial charge in [-0.2, -0.15) is 5.10 Å². The van der Waals surface area contributed by atoms with Gasteiger partial charge in [0, 0.05) is 36.1 Å². The van der Waals surface area contributed by atoms with Crippen molar-refractivity contribution in [2.75, 3.05) is 26.3 Å². The van der Waals surface area contributed by atoms with Crippen molar-refractivity contribution >= 4 is 22.6 Å². The van der Waals surface area contributed by atoms with Crippen LogP contribution >= 0.6 is 11.6 Å². The predicted octanol–water partition coefficient (Wildman–Crippen LogP) is 6.89. The summed E-state index contributed by atoms with van der Waals surface area (Å²) >= 11 is 6.01. The summed E-state index contributed by atoms with van der Waals surface area (Å²) in [5.74, 6) is 2.37. The normalized spacial score (nSPS) is 24.1. The molecule has 48 heavy (non-hydrogen) atoms. The Morgan fingerprint density at radius 2 is 1.81 bits per heavy atom. The highest BCUT2D eigenvalue weighted by Crippen LogP contribution is 2.50. The van der Waals surface area contributed by atoms with E-state index in [0.29, 0.717) is 33.8 Å². The summed E-state index contributed by atoms with van der Waals surface area (Å²) in [5.41, 5.74) is 4.37. The van der Waals surface area contributed by atoms with Gasteiger partial charge in [-0.1, -0.05) is 23.7 Å². The van der Waals surface area contributed by atoms with Gasteiger partial charge in [0.1, 0.15) is 17.7 Å². The molecule has 0 bridgehead atoms. The first-order chi connectivity index (χ1) is 23.4. The van der Waals surface area contributed by atoms with Crippen molar-refractivity contribution in [3.8, 4) is 22.9 Å². The highest BCUT2D eigenvalue weighted by atomic mass is 35.5. The standard InChI is InChI=1S/C36H36ClFN6O4/c1-36(26-7-6-23(37)18-27(26)38)47-30-4-2-3-25(33(30)48-36)21-9-13-43(14-10-21)20-32-39-28-17-22(34-40-35(42-41-34)31-12-16-46-31)5-8-29(28)44(32)19-24-11-15-45-24/h2-8,17-18,21,24,31H,9-16,19-20H2,1H3,(H,40,41,42). The lowest BCUT2D eigenvalue weighted by atomic mass is 9.88. The van der Waals surface area contributed by atoms with Crippen molar-refractivity contribution in [1.82, 2.24) is 29.6 Å². The van der Waals surface area contributed by atoms with E-state index in [0.717, 1.165) is 98.9 Å². The average molecular weight is 671 g/mol. The number of para-hydroxylation sites is 1. The van der Waals surface area contributed by atoms with E-state index >= 15 is 0 Å². The topological polar surface area (TPSA) is 99.6 Å². The number of hydrogen-bond donors (Lipinski definition) is 1. The van der Waals surface area contributed by atoms with E-state index in [4.69, 9.17) is 40.5 Å². The molecular weight excluding hydrogens is 635 g/mol. The lowest BCUT2D eigenvalue weighted by molar-refractivity contribution is -0.0712. The zero-order valence-electron chi connectivity index (χ0n) is 26.6. The van der Waals surface area contributed by atoms with Crippen LogP contribution in [-0.2, 0) is 28.4 Å². The third kappa shape index (κ3) is 5.33. The lowest BCUT2D eigenvalue weighted by Crippen LogP contribution is -2.35. The van der Waals surface area contributed by atoms with Crippen LogP contribution in [0.25, 0.3) is 22.4 Å². The predicted molar refractivity (Wildman–Crippen MR) is 176 cm³/mol. The number of benzene rings is 3. The van der Waals surface area contributed by atoms with Crippen LogP contribution in [0.15, 0.2) is 54.6 Å². The number of aromatic amines is 1. The summed E-state index contributed by atoms with van der Waals surface area (Å²) in [5, 5.41) is 7.83. The van der Waals surface area contributed by atoms with Crippen molar-refractivity contribution < 1.29 is 23.3 Å². The first kappa shape index (κ1) is 30.1. The maximum absolute atomic E-state index is 14.9. The Labute approximate surface area is 282 Å². The number of ether oxygens (including phenoxy) is 4. The SMILES string of the molecule is CC1(c2ccc(Cl)cc2F)Oc2cccc(C3CCN(Cc4nc5cc(-c6n[nH]c(C7CCO7)n6)ccc5n4CC4CCO4)CC3)c2O1. The Morgan fingerprint density at radius 1 is 0.979 bits per heavy atom. The maximum atomic E-state index is 14.9. The van der Waals surface area contributed by atoms with Gasteiger partial charge in [-0.25, -0.2) is 14.4 Å². The number of halogens is 2. The van der Waals surface area contributed by atoms with Gasteiger partial charge in [0.15, 0.2) is 23.1 Å². The van der Waals surface area contributed by atoms with Gasteiger partial charge in [-0.15, -0.1) is 0 Å². The largest absolute Gasteiger partial charge is 0.444 e. The van der Waals surface area contributed by atoms with Gasteiger partial charge in [0.25, 0.3) is 5.79 Å². The Balaban J connectivity index is 0.922. The van der Waals surface area contributed by atoms with E-state index in [-0.39, 0.29) is 12.2 Å². The number of rotatable bonds is 8. The number of nitrogens with zero attached hydrogens (tertiary/aromatic N) is 5. The molecule has 3 unspecified atom stereocenters. The van der Waals surface area contributed by atoms with Crippen LogP contribution in [0.3, 0.4) is 0 Å². The molecule has 2 aromatic heterocycles. The molecule has 0 radical (unpaired) electrons. The molecule has 1 N–H and O–H groups in total. The molecule has 6 heterocycles. The number of H-pyrrole nitrogens is 1. The van der Waals surface area contributed by atoms with Crippen molar-refractivity contribution in [1.29, 1.82) is 0 Å². The minimum atomic E-state index is -1.27. The van der Waals surface area contributed by atoms with E-state index in [1.807, 2.05) is 12.1 Å². The van der Waals surface area contributed by atoms with E-state index < -0.39 is 11.6 Å². The Morgan fingerprint density at radius 3 is 2.56 bits per heavy atom. The average Bonchev–Trinajstić information content (AvgIpc) is 3.73. The second-order valence-corrected chi connectivity index (χ2v) is 13.8. The molecule has 0 aliphatic carbocycles. The number of likely N-dealkylation sites (tertiary alicyclic amines) is 1. The minimum Gasteiger partial charge on any atom is -0.444 e. The first-order valence-corrected chi connectivity index (χ1v) is 17.1. The van der Waals surface area contributed by atoms with Crippen LogP contribution in [0.1, 0.15) is 67.4 Å². The minimum absolute atomic E-state index is 0.00946. The molecule has 3 atom stereocenters. The maximum Gasteiger partial charge on any atom is 0.278 e. The number of imidazole rings is 1. The van der Waals surface area contributed by atoms with Crippen LogP contribution in [-0.4, -0.2) is 62.0 Å². The van der Waals surface area contributed by atoms with Crippen molar-refractivity contribution in [2.24, 2.45) is 0 Å². The molecule has 4 aliphatic heterocycles. The van der Waals surface area contributed by atoms with Crippen LogP contribution in [0.2, 0.25) is 5.02 Å². The summed E-state index contributed by atoms with van der Waals surface area (Å²) in [4.78, 5) is 12.3. The second-order valence-electron chi connectivity index (χ2n) is 13.3. The molecule has 10 nitrogen and oxygen atoms in total. The first-order valence-electron chi connectivity index (χ1n) is 16.7. The molecule has 0 saturated carbocycles. The van der Waals surface area contributed by atoms with Gasteiger partial charge in [0.2, 0.25) is 0 Å². The Hall–Kier alpha value is -4.03. The van der Waals surface area contributed by atoms with E-state index in [9.17, 15) is 4.39 Å². The van der Waals surface area contributed by atoms with E-state index in [1.54, 1.807) is 19.1 Å². The third-order valence-corrected chi connectivity index (χ3v) is 10.4. The van der Waals surface area contributed by atoms with Crippen LogP contribution in [0, 0.1) is 5.82 Å². The molecule has 0 amide bonds.